The molecule has 0 N–H and O–H groups in total. The molecule has 1 aliphatic rings. The van der Waals surface area contributed by atoms with Crippen molar-refractivity contribution in [3.8, 4) is 0 Å². The molecule has 0 aromatic heterocycles. The summed E-state index contributed by atoms with van der Waals surface area (Å²) in [5.74, 6) is 0. The van der Waals surface area contributed by atoms with Crippen LogP contribution in [0.2, 0.25) is 5.02 Å². The van der Waals surface area contributed by atoms with E-state index in [4.69, 9.17) is 11.6 Å². The van der Waals surface area contributed by atoms with Crippen LogP contribution in [0.25, 0.3) is 11.6 Å². The molecule has 1 aliphatic heterocycles. The molecule has 0 fully saturated rings. The number of hydrogen-bond acceptors (Lipinski definition) is 2. The lowest BCUT2D eigenvalue weighted by molar-refractivity contribution is 0.473. The summed E-state index contributed by atoms with van der Waals surface area (Å²) in [5.41, 5.74) is 3.80. The van der Waals surface area contributed by atoms with Gasteiger partial charge in [0.25, 0.3) is 10.0 Å². The summed E-state index contributed by atoms with van der Waals surface area (Å²) in [5, 5.41) is 0.615. The fourth-order valence-corrected chi connectivity index (χ4v) is 5.29. The smallest absolute Gasteiger partial charge is 0.264 e. The fraction of sp³-hybridized carbons (Fsp3) is 0.120. The first kappa shape index (κ1) is 20.5. The number of nitrogens with zero attached hydrogens (tertiary/aromatic N) is 1. The normalized spacial score (nSPS) is 16.8. The highest BCUT2D eigenvalue weighted by molar-refractivity contribution is 7.89. The Morgan fingerprint density at radius 1 is 0.933 bits per heavy atom. The molecule has 3 nitrogen and oxygen atoms in total. The first-order valence-electron chi connectivity index (χ1n) is 9.74. The van der Waals surface area contributed by atoms with E-state index in [1.807, 2.05) is 85.8 Å². The molecule has 5 heteroatoms. The number of benzene rings is 3. The maximum absolute atomic E-state index is 13.4. The number of sulfonamides is 1. The Balaban J connectivity index is 1.74. The fourth-order valence-electron chi connectivity index (χ4n) is 3.54. The van der Waals surface area contributed by atoms with Crippen molar-refractivity contribution in [1.82, 2.24) is 4.31 Å². The summed E-state index contributed by atoms with van der Waals surface area (Å²) in [6.45, 7) is 1.94. The molecule has 0 bridgehead atoms. The second-order valence-corrected chi connectivity index (χ2v) is 9.57. The number of rotatable bonds is 5. The van der Waals surface area contributed by atoms with Gasteiger partial charge in [0.05, 0.1) is 10.9 Å². The van der Waals surface area contributed by atoms with Crippen LogP contribution in [0.3, 0.4) is 0 Å². The van der Waals surface area contributed by atoms with Crippen LogP contribution in [0.15, 0.2) is 96.0 Å². The van der Waals surface area contributed by atoms with Crippen molar-refractivity contribution in [1.29, 1.82) is 0 Å². The van der Waals surface area contributed by atoms with Crippen LogP contribution in [0.1, 0.15) is 23.1 Å². The van der Waals surface area contributed by atoms with Gasteiger partial charge in [-0.1, -0.05) is 90.0 Å². The highest BCUT2D eigenvalue weighted by atomic mass is 35.5. The third-order valence-corrected chi connectivity index (χ3v) is 7.29. The average molecular weight is 436 g/mol. The van der Waals surface area contributed by atoms with E-state index in [0.717, 1.165) is 22.3 Å². The van der Waals surface area contributed by atoms with Crippen LogP contribution in [0.5, 0.6) is 0 Å². The zero-order valence-electron chi connectivity index (χ0n) is 16.6. The van der Waals surface area contributed by atoms with Gasteiger partial charge in [-0.15, -0.1) is 0 Å². The first-order valence-corrected chi connectivity index (χ1v) is 11.6. The van der Waals surface area contributed by atoms with Gasteiger partial charge in [-0.2, -0.15) is 0 Å². The molecule has 3 aromatic rings. The molecule has 0 radical (unpaired) electrons. The maximum atomic E-state index is 13.4. The first-order chi connectivity index (χ1) is 14.4. The van der Waals surface area contributed by atoms with E-state index in [0.29, 0.717) is 11.4 Å². The van der Waals surface area contributed by atoms with Gasteiger partial charge in [0.1, 0.15) is 0 Å². The average Bonchev–Trinajstić information content (AvgIpc) is 3.18. The lowest BCUT2D eigenvalue weighted by atomic mass is 10.0. The molecule has 0 saturated heterocycles. The summed E-state index contributed by atoms with van der Waals surface area (Å²) < 4.78 is 28.3. The van der Waals surface area contributed by atoms with Crippen molar-refractivity contribution in [3.63, 3.8) is 0 Å². The Morgan fingerprint density at radius 3 is 2.30 bits per heavy atom. The summed E-state index contributed by atoms with van der Waals surface area (Å²) in [4.78, 5) is 0.280. The SMILES string of the molecule is Cc1ccc(S(=O)(=O)N2C=C(c3ccccc3Cl)CC2/C=C/c2ccccc2)cc1. The molecule has 0 amide bonds. The van der Waals surface area contributed by atoms with Crippen molar-refractivity contribution in [2.24, 2.45) is 0 Å². The summed E-state index contributed by atoms with van der Waals surface area (Å²) in [6, 6.07) is 24.0. The van der Waals surface area contributed by atoms with Crippen LogP contribution in [-0.4, -0.2) is 18.8 Å². The number of hydrogen-bond donors (Lipinski definition) is 0. The van der Waals surface area contributed by atoms with E-state index in [1.165, 1.54) is 4.31 Å². The Hall–Kier alpha value is -2.82. The van der Waals surface area contributed by atoms with Gasteiger partial charge >= 0.3 is 0 Å². The molecule has 1 atom stereocenters. The quantitative estimate of drug-likeness (QED) is 0.480. The van der Waals surface area contributed by atoms with Crippen LogP contribution in [0, 0.1) is 6.92 Å². The third kappa shape index (κ3) is 4.20. The second-order valence-electron chi connectivity index (χ2n) is 7.32. The van der Waals surface area contributed by atoms with Gasteiger partial charge in [-0.25, -0.2) is 8.42 Å². The van der Waals surface area contributed by atoms with E-state index in [-0.39, 0.29) is 10.9 Å². The van der Waals surface area contributed by atoms with Gasteiger partial charge in [0.2, 0.25) is 0 Å². The third-order valence-electron chi connectivity index (χ3n) is 5.17. The van der Waals surface area contributed by atoms with Gasteiger partial charge in [0, 0.05) is 11.2 Å². The lowest BCUT2D eigenvalue weighted by Crippen LogP contribution is -2.31. The van der Waals surface area contributed by atoms with Crippen LogP contribution >= 0.6 is 11.6 Å². The Morgan fingerprint density at radius 2 is 1.60 bits per heavy atom. The molecule has 0 aliphatic carbocycles. The van der Waals surface area contributed by atoms with E-state index in [9.17, 15) is 8.42 Å². The molecular formula is C25H22ClNO2S. The number of aryl methyl sites for hydroxylation is 1. The van der Waals surface area contributed by atoms with Gasteiger partial charge in [-0.05, 0) is 48.2 Å². The van der Waals surface area contributed by atoms with E-state index >= 15 is 0 Å². The summed E-state index contributed by atoms with van der Waals surface area (Å²) >= 11 is 6.39. The minimum absolute atomic E-state index is 0.280. The van der Waals surface area contributed by atoms with Gasteiger partial charge in [-0.3, -0.25) is 4.31 Å². The highest BCUT2D eigenvalue weighted by Crippen LogP contribution is 2.37. The molecule has 30 heavy (non-hydrogen) atoms. The van der Waals surface area contributed by atoms with Crippen molar-refractivity contribution >= 4 is 33.3 Å². The van der Waals surface area contributed by atoms with Crippen LogP contribution in [0.4, 0.5) is 0 Å². The molecule has 4 rings (SSSR count). The van der Waals surface area contributed by atoms with E-state index in [1.54, 1.807) is 18.3 Å². The minimum Gasteiger partial charge on any atom is -0.266 e. The summed E-state index contributed by atoms with van der Waals surface area (Å²) in [6.07, 6.45) is 6.18. The molecule has 152 valence electrons. The molecule has 3 aromatic carbocycles. The van der Waals surface area contributed by atoms with Gasteiger partial charge < -0.3 is 0 Å². The Labute approximate surface area is 183 Å². The largest absolute Gasteiger partial charge is 0.266 e. The van der Waals surface area contributed by atoms with Crippen molar-refractivity contribution in [3.05, 3.63) is 113 Å². The maximum Gasteiger partial charge on any atom is 0.264 e. The molecule has 0 spiro atoms. The summed E-state index contributed by atoms with van der Waals surface area (Å²) in [7, 11) is -3.70. The van der Waals surface area contributed by atoms with Crippen LogP contribution in [-0.2, 0) is 10.0 Å². The van der Waals surface area contributed by atoms with Crippen molar-refractivity contribution in [2.75, 3.05) is 0 Å². The predicted molar refractivity (Wildman–Crippen MR) is 124 cm³/mol. The highest BCUT2D eigenvalue weighted by Gasteiger charge is 2.33. The molecule has 1 unspecified atom stereocenters. The molecule has 1 heterocycles. The minimum atomic E-state index is -3.70. The Kier molecular flexibility index (Phi) is 5.80. The molecular weight excluding hydrogens is 414 g/mol. The number of halogens is 1. The predicted octanol–water partition coefficient (Wildman–Crippen LogP) is 6.17. The second kappa shape index (κ2) is 8.50. The van der Waals surface area contributed by atoms with Gasteiger partial charge in [0.15, 0.2) is 0 Å². The van der Waals surface area contributed by atoms with E-state index in [2.05, 4.69) is 0 Å². The van der Waals surface area contributed by atoms with Crippen LogP contribution < -0.4 is 0 Å². The lowest BCUT2D eigenvalue weighted by Gasteiger charge is -2.23. The van der Waals surface area contributed by atoms with Crippen molar-refractivity contribution in [2.45, 2.75) is 24.3 Å². The molecule has 0 saturated carbocycles. The van der Waals surface area contributed by atoms with E-state index < -0.39 is 10.0 Å². The standard InChI is InChI=1S/C25H22ClNO2S/c1-19-11-15-23(16-12-19)30(28,29)27-18-21(24-9-5-6-10-25(24)26)17-22(27)14-13-20-7-3-2-4-8-20/h2-16,18,22H,17H2,1H3/b14-13+. The topological polar surface area (TPSA) is 37.4 Å². The van der Waals surface area contributed by atoms with Crippen molar-refractivity contribution < 1.29 is 8.42 Å². The Bertz CT molecular complexity index is 1200. The monoisotopic (exact) mass is 435 g/mol. The zero-order valence-corrected chi connectivity index (χ0v) is 18.1. The zero-order chi connectivity index (χ0) is 21.1.